The number of benzene rings is 1. The first-order valence-electron chi connectivity index (χ1n) is 6.51. The second-order valence-electron chi connectivity index (χ2n) is 4.70. The molecule has 1 aromatic carbocycles. The van der Waals surface area contributed by atoms with E-state index in [-0.39, 0.29) is 12.0 Å². The van der Waals surface area contributed by atoms with E-state index in [1.165, 1.54) is 0 Å². The smallest absolute Gasteiger partial charge is 0.227 e. The van der Waals surface area contributed by atoms with Gasteiger partial charge < -0.3 is 20.4 Å². The van der Waals surface area contributed by atoms with Crippen molar-refractivity contribution in [2.45, 2.75) is 12.5 Å². The van der Waals surface area contributed by atoms with Crippen molar-refractivity contribution < 1.29 is 9.53 Å². The van der Waals surface area contributed by atoms with E-state index in [4.69, 9.17) is 4.74 Å². The molecule has 0 radical (unpaired) electrons. The largest absolute Gasteiger partial charge is 0.375 e. The average molecular weight is 259 g/mol. The van der Waals surface area contributed by atoms with E-state index in [2.05, 4.69) is 15.6 Å². The number of para-hydroxylation sites is 1. The zero-order valence-corrected chi connectivity index (χ0v) is 10.6. The van der Waals surface area contributed by atoms with Gasteiger partial charge in [-0.05, 0) is 6.07 Å². The van der Waals surface area contributed by atoms with Gasteiger partial charge in [0.1, 0.15) is 0 Å². The van der Waals surface area contributed by atoms with Crippen LogP contribution in [0.4, 0.5) is 5.69 Å². The van der Waals surface area contributed by atoms with Crippen LogP contribution in [0.1, 0.15) is 6.42 Å². The third-order valence-electron chi connectivity index (χ3n) is 3.28. The van der Waals surface area contributed by atoms with Crippen molar-refractivity contribution in [2.24, 2.45) is 0 Å². The molecule has 3 N–H and O–H groups in total. The summed E-state index contributed by atoms with van der Waals surface area (Å²) in [7, 11) is 0. The van der Waals surface area contributed by atoms with Crippen LogP contribution in [0, 0.1) is 0 Å². The zero-order chi connectivity index (χ0) is 13.1. The van der Waals surface area contributed by atoms with Gasteiger partial charge in [0.2, 0.25) is 5.91 Å². The molecule has 5 heteroatoms. The van der Waals surface area contributed by atoms with Crippen LogP contribution in [0.15, 0.2) is 30.5 Å². The van der Waals surface area contributed by atoms with Crippen LogP contribution in [0.25, 0.3) is 10.9 Å². The van der Waals surface area contributed by atoms with Gasteiger partial charge in [-0.15, -0.1) is 0 Å². The molecule has 1 aliphatic rings. The quantitative estimate of drug-likeness (QED) is 0.782. The van der Waals surface area contributed by atoms with Crippen molar-refractivity contribution in [3.63, 3.8) is 0 Å². The molecule has 2 heterocycles. The fourth-order valence-electron chi connectivity index (χ4n) is 2.33. The van der Waals surface area contributed by atoms with Gasteiger partial charge in [0, 0.05) is 30.2 Å². The maximum Gasteiger partial charge on any atom is 0.227 e. The van der Waals surface area contributed by atoms with Gasteiger partial charge in [0.05, 0.1) is 24.8 Å². The van der Waals surface area contributed by atoms with E-state index in [1.54, 1.807) is 0 Å². The molecule has 1 unspecified atom stereocenters. The SMILES string of the molecule is O=C(CC1CNCCO1)Nc1c[nH]c2ccccc12. The van der Waals surface area contributed by atoms with Gasteiger partial charge in [-0.3, -0.25) is 4.79 Å². The first-order chi connectivity index (χ1) is 9.33. The minimum Gasteiger partial charge on any atom is -0.375 e. The first-order valence-corrected chi connectivity index (χ1v) is 6.51. The van der Waals surface area contributed by atoms with Crippen LogP contribution in [-0.4, -0.2) is 36.7 Å². The molecule has 19 heavy (non-hydrogen) atoms. The Morgan fingerprint density at radius 1 is 1.42 bits per heavy atom. The Hall–Kier alpha value is -1.85. The number of hydrogen-bond donors (Lipinski definition) is 3. The summed E-state index contributed by atoms with van der Waals surface area (Å²) in [6.45, 7) is 2.27. The fourth-order valence-corrected chi connectivity index (χ4v) is 2.33. The normalized spacial score (nSPS) is 19.5. The number of rotatable bonds is 3. The summed E-state index contributed by atoms with van der Waals surface area (Å²) in [5, 5.41) is 7.18. The number of hydrogen-bond acceptors (Lipinski definition) is 3. The van der Waals surface area contributed by atoms with Gasteiger partial charge in [-0.25, -0.2) is 0 Å². The number of carbonyl (C=O) groups is 1. The molecule has 1 atom stereocenters. The first kappa shape index (κ1) is 12.2. The summed E-state index contributed by atoms with van der Waals surface area (Å²) in [5.41, 5.74) is 1.85. The number of amides is 1. The second-order valence-corrected chi connectivity index (χ2v) is 4.70. The molecule has 0 spiro atoms. The summed E-state index contributed by atoms with van der Waals surface area (Å²) in [5.74, 6) is -0.0153. The summed E-state index contributed by atoms with van der Waals surface area (Å²) in [6.07, 6.45) is 2.17. The summed E-state index contributed by atoms with van der Waals surface area (Å²) < 4.78 is 5.52. The van der Waals surface area contributed by atoms with Gasteiger partial charge in [0.15, 0.2) is 0 Å². The highest BCUT2D eigenvalue weighted by Gasteiger charge is 2.17. The van der Waals surface area contributed by atoms with Crippen molar-refractivity contribution >= 4 is 22.5 Å². The Morgan fingerprint density at radius 2 is 2.32 bits per heavy atom. The van der Waals surface area contributed by atoms with E-state index >= 15 is 0 Å². The zero-order valence-electron chi connectivity index (χ0n) is 10.6. The number of H-pyrrole nitrogens is 1. The third-order valence-corrected chi connectivity index (χ3v) is 3.28. The lowest BCUT2D eigenvalue weighted by Gasteiger charge is -2.22. The van der Waals surface area contributed by atoms with E-state index in [0.717, 1.165) is 29.7 Å². The Labute approximate surface area is 111 Å². The molecule has 1 aromatic heterocycles. The van der Waals surface area contributed by atoms with Crippen LogP contribution in [0.3, 0.4) is 0 Å². The predicted molar refractivity (Wildman–Crippen MR) is 74.2 cm³/mol. The van der Waals surface area contributed by atoms with Crippen LogP contribution >= 0.6 is 0 Å². The number of aromatic nitrogens is 1. The number of aromatic amines is 1. The lowest BCUT2D eigenvalue weighted by molar-refractivity contribution is -0.119. The Bertz CT molecular complexity index is 573. The van der Waals surface area contributed by atoms with Gasteiger partial charge in [0.25, 0.3) is 0 Å². The number of carbonyl (C=O) groups excluding carboxylic acids is 1. The van der Waals surface area contributed by atoms with E-state index < -0.39 is 0 Å². The molecular formula is C14H17N3O2. The van der Waals surface area contributed by atoms with Crippen molar-refractivity contribution in [3.8, 4) is 0 Å². The van der Waals surface area contributed by atoms with Crippen molar-refractivity contribution in [2.75, 3.05) is 25.0 Å². The third kappa shape index (κ3) is 2.77. The van der Waals surface area contributed by atoms with Crippen molar-refractivity contribution in [1.82, 2.24) is 10.3 Å². The number of morpholine rings is 1. The van der Waals surface area contributed by atoms with Gasteiger partial charge >= 0.3 is 0 Å². The Balaban J connectivity index is 1.65. The number of fused-ring (bicyclic) bond motifs is 1. The lowest BCUT2D eigenvalue weighted by atomic mass is 10.2. The molecule has 1 fully saturated rings. The maximum absolute atomic E-state index is 12.0. The average Bonchev–Trinajstić information content (AvgIpc) is 2.83. The van der Waals surface area contributed by atoms with Crippen LogP contribution in [0.2, 0.25) is 0 Å². The van der Waals surface area contributed by atoms with E-state index in [0.29, 0.717) is 13.0 Å². The molecule has 0 bridgehead atoms. The van der Waals surface area contributed by atoms with Crippen LogP contribution in [-0.2, 0) is 9.53 Å². The molecule has 1 aliphatic heterocycles. The molecule has 5 nitrogen and oxygen atoms in total. The predicted octanol–water partition coefficient (Wildman–Crippen LogP) is 1.48. The molecule has 2 aromatic rings. The highest BCUT2D eigenvalue weighted by Crippen LogP contribution is 2.22. The summed E-state index contributed by atoms with van der Waals surface area (Å²) >= 11 is 0. The van der Waals surface area contributed by atoms with Crippen LogP contribution in [0.5, 0.6) is 0 Å². The monoisotopic (exact) mass is 259 g/mol. The molecule has 1 amide bonds. The molecule has 3 rings (SSSR count). The second kappa shape index (κ2) is 5.42. The van der Waals surface area contributed by atoms with E-state index in [9.17, 15) is 4.79 Å². The van der Waals surface area contributed by atoms with Gasteiger partial charge in [-0.1, -0.05) is 18.2 Å². The fraction of sp³-hybridized carbons (Fsp3) is 0.357. The minimum atomic E-state index is -0.0287. The maximum atomic E-state index is 12.0. The lowest BCUT2D eigenvalue weighted by Crippen LogP contribution is -2.40. The molecule has 0 aliphatic carbocycles. The van der Waals surface area contributed by atoms with Gasteiger partial charge in [-0.2, -0.15) is 0 Å². The standard InChI is InChI=1S/C14H17N3O2/c18-14(7-10-8-15-5-6-19-10)17-13-9-16-12-4-2-1-3-11(12)13/h1-4,9-10,15-16H,5-8H2,(H,17,18). The molecule has 100 valence electrons. The van der Waals surface area contributed by atoms with E-state index in [1.807, 2.05) is 30.5 Å². The molecular weight excluding hydrogens is 242 g/mol. The Morgan fingerprint density at radius 3 is 3.16 bits per heavy atom. The summed E-state index contributed by atoms with van der Waals surface area (Å²) in [6, 6.07) is 7.89. The van der Waals surface area contributed by atoms with Crippen molar-refractivity contribution in [1.29, 1.82) is 0 Å². The number of ether oxygens (including phenoxy) is 1. The highest BCUT2D eigenvalue weighted by molar-refractivity contribution is 6.01. The topological polar surface area (TPSA) is 66.2 Å². The molecule has 1 saturated heterocycles. The summed E-state index contributed by atoms with van der Waals surface area (Å²) in [4.78, 5) is 15.1. The minimum absolute atomic E-state index is 0.0153. The highest BCUT2D eigenvalue weighted by atomic mass is 16.5. The van der Waals surface area contributed by atoms with Crippen LogP contribution < -0.4 is 10.6 Å². The van der Waals surface area contributed by atoms with Crippen molar-refractivity contribution in [3.05, 3.63) is 30.5 Å². The number of nitrogens with one attached hydrogen (secondary N) is 3. The number of anilines is 1. The Kier molecular flexibility index (Phi) is 3.48. The molecule has 0 saturated carbocycles.